The molecule has 4 heteroatoms. The van der Waals surface area contributed by atoms with Gasteiger partial charge in [0.15, 0.2) is 0 Å². The van der Waals surface area contributed by atoms with E-state index in [1.54, 1.807) is 0 Å². The molecule has 0 aromatic rings. The molecule has 0 amide bonds. The van der Waals surface area contributed by atoms with Crippen LogP contribution in [0.5, 0.6) is 0 Å². The van der Waals surface area contributed by atoms with E-state index in [-0.39, 0.29) is 17.5 Å². The maximum Gasteiger partial charge on any atom is 0.311 e. The van der Waals surface area contributed by atoms with Crippen molar-refractivity contribution in [3.8, 4) is 0 Å². The molecule has 0 radical (unpaired) electrons. The first-order valence-corrected chi connectivity index (χ1v) is 5.72. The molecule has 3 saturated heterocycles. The van der Waals surface area contributed by atoms with Gasteiger partial charge in [-0.1, -0.05) is 0 Å². The van der Waals surface area contributed by atoms with Gasteiger partial charge in [-0.05, 0) is 32.9 Å². The Morgan fingerprint density at radius 1 is 1.53 bits per heavy atom. The van der Waals surface area contributed by atoms with Gasteiger partial charge in [-0.15, -0.1) is 0 Å². The monoisotopic (exact) mass is 210 g/mol. The Morgan fingerprint density at radius 2 is 2.27 bits per heavy atom. The number of likely N-dealkylation sites (N-methyl/N-ethyl adjacent to an activating group) is 1. The predicted octanol–water partition coefficient (Wildman–Crippen LogP) is -0.158. The summed E-state index contributed by atoms with van der Waals surface area (Å²) in [6, 6.07) is 0.406. The van der Waals surface area contributed by atoms with Crippen LogP contribution in [0.15, 0.2) is 0 Å². The van der Waals surface area contributed by atoms with Crippen LogP contribution < -0.4 is 5.32 Å². The van der Waals surface area contributed by atoms with Crippen LogP contribution >= 0.6 is 0 Å². The highest BCUT2D eigenvalue weighted by Gasteiger charge is 2.53. The van der Waals surface area contributed by atoms with E-state index in [9.17, 15) is 4.79 Å². The maximum atomic E-state index is 11.9. The van der Waals surface area contributed by atoms with Gasteiger partial charge in [-0.3, -0.25) is 9.69 Å². The van der Waals surface area contributed by atoms with E-state index in [2.05, 4.69) is 10.2 Å². The highest BCUT2D eigenvalue weighted by Crippen LogP contribution is 2.41. The van der Waals surface area contributed by atoms with Crippen molar-refractivity contribution in [1.82, 2.24) is 10.2 Å². The van der Waals surface area contributed by atoms with Crippen molar-refractivity contribution in [3.05, 3.63) is 0 Å². The summed E-state index contributed by atoms with van der Waals surface area (Å²) < 4.78 is 5.61. The van der Waals surface area contributed by atoms with Crippen LogP contribution in [0, 0.1) is 11.8 Å². The zero-order valence-corrected chi connectivity index (χ0v) is 9.32. The molecule has 4 aliphatic rings. The van der Waals surface area contributed by atoms with Crippen molar-refractivity contribution in [2.75, 3.05) is 26.7 Å². The Morgan fingerprint density at radius 3 is 2.73 bits per heavy atom. The minimum atomic E-state index is -0.221. The molecule has 4 rings (SSSR count). The number of nitrogens with one attached hydrogen (secondary N) is 1. The number of fused-ring (bicyclic) bond motifs is 1. The first-order valence-electron chi connectivity index (χ1n) is 5.72. The third-order valence-corrected chi connectivity index (χ3v) is 3.97. The lowest BCUT2D eigenvalue weighted by Gasteiger charge is -2.46. The number of hydrogen-bond donors (Lipinski definition) is 1. The molecule has 1 N–H and O–H groups in total. The second-order valence-electron chi connectivity index (χ2n) is 5.58. The van der Waals surface area contributed by atoms with Crippen LogP contribution in [-0.2, 0) is 9.53 Å². The molecule has 1 saturated carbocycles. The summed E-state index contributed by atoms with van der Waals surface area (Å²) in [6.45, 7) is 4.77. The topological polar surface area (TPSA) is 41.6 Å². The van der Waals surface area contributed by atoms with E-state index < -0.39 is 0 Å². The number of esters is 1. The Bertz CT molecular complexity index is 285. The number of rotatable bonds is 2. The Labute approximate surface area is 90.0 Å². The van der Waals surface area contributed by atoms with E-state index in [0.717, 1.165) is 26.1 Å². The molecular formula is C11H18N2O2. The van der Waals surface area contributed by atoms with Gasteiger partial charge in [0.2, 0.25) is 0 Å². The zero-order chi connectivity index (χ0) is 10.6. The summed E-state index contributed by atoms with van der Waals surface area (Å²) in [6.07, 6.45) is 1.16. The van der Waals surface area contributed by atoms with Gasteiger partial charge < -0.3 is 10.1 Å². The zero-order valence-electron chi connectivity index (χ0n) is 9.32. The quantitative estimate of drug-likeness (QED) is 0.643. The Balaban J connectivity index is 1.58. The first kappa shape index (κ1) is 9.60. The van der Waals surface area contributed by atoms with Gasteiger partial charge in [-0.2, -0.15) is 0 Å². The van der Waals surface area contributed by atoms with Crippen molar-refractivity contribution in [3.63, 3.8) is 0 Å². The molecule has 3 atom stereocenters. The molecular weight excluding hydrogens is 192 g/mol. The molecule has 0 aromatic heterocycles. The van der Waals surface area contributed by atoms with Gasteiger partial charge in [-0.25, -0.2) is 0 Å². The lowest BCUT2D eigenvalue weighted by Crippen LogP contribution is -2.61. The molecule has 15 heavy (non-hydrogen) atoms. The van der Waals surface area contributed by atoms with Crippen molar-refractivity contribution in [1.29, 1.82) is 0 Å². The third kappa shape index (κ3) is 1.39. The normalized spacial score (nSPS) is 41.9. The summed E-state index contributed by atoms with van der Waals surface area (Å²) in [7, 11) is 2.05. The SMILES string of the molecule is CN1CC(C)(OC(=O)C2C3CNC2C3)C1. The summed E-state index contributed by atoms with van der Waals surface area (Å²) >= 11 is 0. The molecule has 1 aliphatic carbocycles. The van der Waals surface area contributed by atoms with Crippen LogP contribution in [0.4, 0.5) is 0 Å². The first-order chi connectivity index (χ1) is 7.07. The molecule has 84 valence electrons. The maximum absolute atomic E-state index is 11.9. The number of carbonyl (C=O) groups excluding carboxylic acids is 1. The smallest absolute Gasteiger partial charge is 0.311 e. The van der Waals surface area contributed by atoms with Gasteiger partial charge >= 0.3 is 5.97 Å². The van der Waals surface area contributed by atoms with E-state index in [0.29, 0.717) is 12.0 Å². The van der Waals surface area contributed by atoms with Crippen LogP contribution in [0.2, 0.25) is 0 Å². The standard InChI is InChI=1S/C11H18N2O2/c1-11(5-13(2)6-11)15-10(14)9-7-3-8(9)12-4-7/h7-9,12H,3-6H2,1-2H3. The minimum absolute atomic E-state index is 0.0249. The molecule has 3 unspecified atom stereocenters. The van der Waals surface area contributed by atoms with Crippen molar-refractivity contribution < 1.29 is 9.53 Å². The molecule has 0 aromatic carbocycles. The summed E-state index contributed by atoms with van der Waals surface area (Å²) in [5.41, 5.74) is -0.221. The molecule has 3 heterocycles. The lowest BCUT2D eigenvalue weighted by molar-refractivity contribution is -0.183. The number of ether oxygens (including phenoxy) is 1. The average Bonchev–Trinajstić information content (AvgIpc) is 2.58. The van der Waals surface area contributed by atoms with Gasteiger partial charge in [0.1, 0.15) is 5.60 Å². The Hall–Kier alpha value is -0.610. The highest BCUT2D eigenvalue weighted by atomic mass is 16.6. The van der Waals surface area contributed by atoms with E-state index >= 15 is 0 Å². The lowest BCUT2D eigenvalue weighted by atomic mass is 9.74. The highest BCUT2D eigenvalue weighted by molar-refractivity contribution is 5.76. The van der Waals surface area contributed by atoms with Crippen LogP contribution in [0.25, 0.3) is 0 Å². The fraction of sp³-hybridized carbons (Fsp3) is 0.909. The third-order valence-electron chi connectivity index (χ3n) is 3.97. The molecule has 4 nitrogen and oxygen atoms in total. The van der Waals surface area contributed by atoms with E-state index in [1.807, 2.05) is 14.0 Å². The molecule has 3 aliphatic heterocycles. The van der Waals surface area contributed by atoms with Gasteiger partial charge in [0.25, 0.3) is 0 Å². The van der Waals surface area contributed by atoms with Crippen molar-refractivity contribution >= 4 is 5.97 Å². The summed E-state index contributed by atoms with van der Waals surface area (Å²) in [5.74, 6) is 0.716. The van der Waals surface area contributed by atoms with Gasteiger partial charge in [0, 0.05) is 19.1 Å². The van der Waals surface area contributed by atoms with Crippen LogP contribution in [0.3, 0.4) is 0 Å². The molecule has 0 spiro atoms. The molecule has 4 fully saturated rings. The predicted molar refractivity (Wildman–Crippen MR) is 55.4 cm³/mol. The van der Waals surface area contributed by atoms with E-state index in [1.165, 1.54) is 0 Å². The van der Waals surface area contributed by atoms with Crippen molar-refractivity contribution in [2.45, 2.75) is 25.0 Å². The number of hydrogen-bond acceptors (Lipinski definition) is 4. The summed E-state index contributed by atoms with van der Waals surface area (Å²) in [4.78, 5) is 14.1. The second kappa shape index (κ2) is 2.95. The minimum Gasteiger partial charge on any atom is -0.456 e. The summed E-state index contributed by atoms with van der Waals surface area (Å²) in [5, 5.41) is 3.34. The van der Waals surface area contributed by atoms with Gasteiger partial charge in [0.05, 0.1) is 5.92 Å². The number of carbonyl (C=O) groups is 1. The second-order valence-corrected chi connectivity index (χ2v) is 5.58. The Kier molecular flexibility index (Phi) is 1.89. The van der Waals surface area contributed by atoms with Crippen LogP contribution in [0.1, 0.15) is 13.3 Å². The van der Waals surface area contributed by atoms with Crippen molar-refractivity contribution in [2.24, 2.45) is 11.8 Å². The number of likely N-dealkylation sites (tertiary alicyclic amines) is 1. The fourth-order valence-electron chi connectivity index (χ4n) is 3.30. The fourth-order valence-corrected chi connectivity index (χ4v) is 3.30. The van der Waals surface area contributed by atoms with E-state index in [4.69, 9.17) is 4.74 Å². The largest absolute Gasteiger partial charge is 0.456 e. The average molecular weight is 210 g/mol. The molecule has 2 bridgehead atoms. The van der Waals surface area contributed by atoms with Crippen LogP contribution in [-0.4, -0.2) is 49.2 Å². The number of nitrogens with zero attached hydrogens (tertiary/aromatic N) is 1.